The zero-order valence-corrected chi connectivity index (χ0v) is 12.1. The number of ether oxygens (including phenoxy) is 1. The molecule has 0 aliphatic heterocycles. The Kier molecular flexibility index (Phi) is 4.76. The first-order chi connectivity index (χ1) is 9.21. The largest absolute Gasteiger partial charge is 0.377 e. The van der Waals surface area contributed by atoms with Crippen LogP contribution in [0.2, 0.25) is 0 Å². The molecule has 0 unspecified atom stereocenters. The van der Waals surface area contributed by atoms with Crippen LogP contribution in [0.3, 0.4) is 0 Å². The van der Waals surface area contributed by atoms with E-state index < -0.39 is 0 Å². The molecule has 4 nitrogen and oxygen atoms in total. The molecule has 100 valence electrons. The van der Waals surface area contributed by atoms with Gasteiger partial charge in [0.1, 0.15) is 17.5 Å². The first kappa shape index (κ1) is 13.8. The van der Waals surface area contributed by atoms with Crippen molar-refractivity contribution in [2.45, 2.75) is 23.5 Å². The molecule has 0 amide bonds. The predicted octanol–water partition coefficient (Wildman–Crippen LogP) is 3.12. The Labute approximate surface area is 117 Å². The molecule has 5 heteroatoms. The van der Waals surface area contributed by atoms with Crippen LogP contribution in [0.5, 0.6) is 0 Å². The summed E-state index contributed by atoms with van der Waals surface area (Å²) in [5.41, 5.74) is 1.25. The first-order valence-corrected chi connectivity index (χ1v) is 6.82. The number of nitrogens with one attached hydrogen (secondary N) is 1. The van der Waals surface area contributed by atoms with Crippen LogP contribution < -0.4 is 5.32 Å². The van der Waals surface area contributed by atoms with Crippen LogP contribution >= 0.6 is 11.8 Å². The molecule has 19 heavy (non-hydrogen) atoms. The van der Waals surface area contributed by atoms with E-state index in [1.165, 1.54) is 5.56 Å². The number of benzene rings is 1. The fourth-order valence-corrected chi connectivity index (χ4v) is 2.41. The van der Waals surface area contributed by atoms with Gasteiger partial charge in [-0.2, -0.15) is 0 Å². The number of hydrogen-bond acceptors (Lipinski definition) is 5. The van der Waals surface area contributed by atoms with Crippen molar-refractivity contribution in [1.82, 2.24) is 9.97 Å². The normalized spacial score (nSPS) is 10.5. The third kappa shape index (κ3) is 3.94. The molecule has 0 bridgehead atoms. The molecule has 1 aromatic heterocycles. The first-order valence-electron chi connectivity index (χ1n) is 6.00. The van der Waals surface area contributed by atoms with Crippen molar-refractivity contribution in [2.24, 2.45) is 0 Å². The molecular formula is C14H17N3OS. The van der Waals surface area contributed by atoms with Crippen molar-refractivity contribution in [3.8, 4) is 0 Å². The second-order valence-electron chi connectivity index (χ2n) is 4.11. The monoisotopic (exact) mass is 275 g/mol. The van der Waals surface area contributed by atoms with E-state index in [0.717, 1.165) is 15.7 Å². The Hall–Kier alpha value is -1.59. The van der Waals surface area contributed by atoms with E-state index in [4.69, 9.17) is 4.74 Å². The summed E-state index contributed by atoms with van der Waals surface area (Å²) in [6, 6.07) is 10.3. The van der Waals surface area contributed by atoms with E-state index in [9.17, 15) is 0 Å². The lowest BCUT2D eigenvalue weighted by molar-refractivity contribution is 0.177. The second-order valence-corrected chi connectivity index (χ2v) is 5.20. The molecule has 1 aromatic carbocycles. The summed E-state index contributed by atoms with van der Waals surface area (Å²) in [5.74, 6) is 1.49. The van der Waals surface area contributed by atoms with Crippen LogP contribution in [0.15, 0.2) is 40.3 Å². The maximum atomic E-state index is 5.09. The van der Waals surface area contributed by atoms with Gasteiger partial charge in [0.2, 0.25) is 0 Å². The van der Waals surface area contributed by atoms with Gasteiger partial charge < -0.3 is 10.1 Å². The lowest BCUT2D eigenvalue weighted by Crippen LogP contribution is -2.02. The molecule has 1 N–H and O–H groups in total. The Morgan fingerprint density at radius 1 is 1.21 bits per heavy atom. The van der Waals surface area contributed by atoms with Gasteiger partial charge in [-0.05, 0) is 19.1 Å². The molecule has 0 spiro atoms. The number of hydrogen-bond donors (Lipinski definition) is 1. The highest BCUT2D eigenvalue weighted by Crippen LogP contribution is 2.27. The molecule has 0 aliphatic rings. The van der Waals surface area contributed by atoms with Crippen molar-refractivity contribution in [3.05, 3.63) is 41.7 Å². The van der Waals surface area contributed by atoms with E-state index in [1.807, 2.05) is 13.1 Å². The molecule has 0 radical (unpaired) electrons. The van der Waals surface area contributed by atoms with Gasteiger partial charge in [-0.15, -0.1) is 0 Å². The summed E-state index contributed by atoms with van der Waals surface area (Å²) in [7, 11) is 3.49. The number of methoxy groups -OCH3 is 1. The van der Waals surface area contributed by atoms with Gasteiger partial charge in [0.25, 0.3) is 0 Å². The zero-order chi connectivity index (χ0) is 13.7. The fourth-order valence-electron chi connectivity index (χ4n) is 1.57. The number of aryl methyl sites for hydroxylation is 1. The minimum atomic E-state index is 0.414. The van der Waals surface area contributed by atoms with Crippen molar-refractivity contribution in [1.29, 1.82) is 0 Å². The number of nitrogens with zero attached hydrogens (tertiary/aromatic N) is 2. The van der Waals surface area contributed by atoms with E-state index in [2.05, 4.69) is 46.5 Å². The van der Waals surface area contributed by atoms with E-state index in [1.54, 1.807) is 18.9 Å². The molecule has 0 aliphatic carbocycles. The summed E-state index contributed by atoms with van der Waals surface area (Å²) in [6.45, 7) is 2.49. The standard InChI is InChI=1S/C14H17N3OS/c1-10-4-6-11(7-5-10)19-14-8-12(15-2)16-13(17-14)9-18-3/h4-8H,9H2,1-3H3,(H,15,16,17). The maximum absolute atomic E-state index is 5.09. The Morgan fingerprint density at radius 3 is 2.58 bits per heavy atom. The average Bonchev–Trinajstić information content (AvgIpc) is 2.41. The van der Waals surface area contributed by atoms with E-state index >= 15 is 0 Å². The van der Waals surface area contributed by atoms with Crippen LogP contribution in [0.1, 0.15) is 11.4 Å². The summed E-state index contributed by atoms with van der Waals surface area (Å²) in [5, 5.41) is 3.95. The average molecular weight is 275 g/mol. The van der Waals surface area contributed by atoms with Crippen molar-refractivity contribution in [2.75, 3.05) is 19.5 Å². The minimum Gasteiger partial charge on any atom is -0.377 e. The number of rotatable bonds is 5. The summed E-state index contributed by atoms with van der Waals surface area (Å²) in [4.78, 5) is 9.97. The molecule has 2 aromatic rings. The highest BCUT2D eigenvalue weighted by Gasteiger charge is 2.05. The topological polar surface area (TPSA) is 47.0 Å². The van der Waals surface area contributed by atoms with Crippen molar-refractivity contribution in [3.63, 3.8) is 0 Å². The summed E-state index contributed by atoms with van der Waals surface area (Å²) < 4.78 is 5.09. The molecule has 0 atom stereocenters. The van der Waals surface area contributed by atoms with Gasteiger partial charge in [0.15, 0.2) is 5.82 Å². The third-order valence-corrected chi connectivity index (χ3v) is 3.45. The third-order valence-electron chi connectivity index (χ3n) is 2.52. The van der Waals surface area contributed by atoms with Gasteiger partial charge in [-0.1, -0.05) is 29.5 Å². The lowest BCUT2D eigenvalue weighted by atomic mass is 10.2. The van der Waals surface area contributed by atoms with Gasteiger partial charge in [0, 0.05) is 25.1 Å². The summed E-state index contributed by atoms with van der Waals surface area (Å²) >= 11 is 1.62. The molecular weight excluding hydrogens is 258 g/mol. The van der Waals surface area contributed by atoms with Gasteiger partial charge in [-0.3, -0.25) is 0 Å². The Balaban J connectivity index is 2.23. The van der Waals surface area contributed by atoms with Crippen molar-refractivity contribution >= 4 is 17.6 Å². The Morgan fingerprint density at radius 2 is 1.95 bits per heavy atom. The molecule has 2 rings (SSSR count). The van der Waals surface area contributed by atoms with Crippen LogP contribution in [0.4, 0.5) is 5.82 Å². The zero-order valence-electron chi connectivity index (χ0n) is 11.3. The number of aromatic nitrogens is 2. The Bertz CT molecular complexity index is 543. The predicted molar refractivity (Wildman–Crippen MR) is 77.6 cm³/mol. The second kappa shape index (κ2) is 6.54. The van der Waals surface area contributed by atoms with Crippen molar-refractivity contribution < 1.29 is 4.74 Å². The highest BCUT2D eigenvalue weighted by molar-refractivity contribution is 7.99. The quantitative estimate of drug-likeness (QED) is 0.849. The minimum absolute atomic E-state index is 0.414. The summed E-state index contributed by atoms with van der Waals surface area (Å²) in [6.07, 6.45) is 0. The van der Waals surface area contributed by atoms with Gasteiger partial charge >= 0.3 is 0 Å². The van der Waals surface area contributed by atoms with Crippen LogP contribution in [0.25, 0.3) is 0 Å². The van der Waals surface area contributed by atoms with Crippen LogP contribution in [0, 0.1) is 6.92 Å². The smallest absolute Gasteiger partial charge is 0.157 e. The highest BCUT2D eigenvalue weighted by atomic mass is 32.2. The fraction of sp³-hybridized carbons (Fsp3) is 0.286. The van der Waals surface area contributed by atoms with E-state index in [0.29, 0.717) is 12.4 Å². The maximum Gasteiger partial charge on any atom is 0.157 e. The molecule has 0 fully saturated rings. The number of anilines is 1. The lowest BCUT2D eigenvalue weighted by Gasteiger charge is -2.07. The molecule has 0 saturated carbocycles. The SMILES string of the molecule is CNc1cc(Sc2ccc(C)cc2)nc(COC)n1. The molecule has 0 saturated heterocycles. The van der Waals surface area contributed by atoms with Gasteiger partial charge in [0.05, 0.1) is 0 Å². The van der Waals surface area contributed by atoms with Crippen LogP contribution in [-0.4, -0.2) is 24.1 Å². The van der Waals surface area contributed by atoms with Crippen LogP contribution in [-0.2, 0) is 11.3 Å². The molecule has 1 heterocycles. The van der Waals surface area contributed by atoms with Gasteiger partial charge in [-0.25, -0.2) is 9.97 Å². The van der Waals surface area contributed by atoms with E-state index in [-0.39, 0.29) is 0 Å².